The SMILES string of the molecule is CCCC(CC[I-]c1ccc(N=C(N)CCN(C)S(=O)(=O)c2ccccc2C)cc1)CC1=CCN(C)C=C1. The van der Waals surface area contributed by atoms with Crippen molar-refractivity contribution in [2.24, 2.45) is 16.6 Å². The summed E-state index contributed by atoms with van der Waals surface area (Å²) in [6.07, 6.45) is 12.2. The van der Waals surface area contributed by atoms with E-state index in [1.807, 2.05) is 18.2 Å². The summed E-state index contributed by atoms with van der Waals surface area (Å²) in [5, 5.41) is 0. The van der Waals surface area contributed by atoms with E-state index in [-0.39, 0.29) is 27.7 Å². The van der Waals surface area contributed by atoms with Crippen molar-refractivity contribution in [3.8, 4) is 0 Å². The molecule has 0 bridgehead atoms. The van der Waals surface area contributed by atoms with E-state index in [4.69, 9.17) is 5.73 Å². The molecule has 1 atom stereocenters. The molecule has 0 radical (unpaired) electrons. The van der Waals surface area contributed by atoms with Crippen molar-refractivity contribution < 1.29 is 29.6 Å². The maximum absolute atomic E-state index is 12.9. The van der Waals surface area contributed by atoms with E-state index >= 15 is 0 Å². The number of nitrogens with zero attached hydrogens (tertiary/aromatic N) is 3. The molecule has 8 heteroatoms. The zero-order valence-electron chi connectivity index (χ0n) is 23.1. The van der Waals surface area contributed by atoms with Gasteiger partial charge in [0.15, 0.2) is 0 Å². The molecule has 0 aromatic heterocycles. The Morgan fingerprint density at radius 3 is 2.55 bits per heavy atom. The summed E-state index contributed by atoms with van der Waals surface area (Å²) < 4.78 is 29.8. The average molecular weight is 650 g/mol. The number of hydrogen-bond acceptors (Lipinski definition) is 4. The first kappa shape index (κ1) is 30.4. The second kappa shape index (κ2) is 14.8. The van der Waals surface area contributed by atoms with E-state index in [1.165, 1.54) is 43.6 Å². The van der Waals surface area contributed by atoms with E-state index in [1.54, 1.807) is 32.2 Å². The van der Waals surface area contributed by atoms with Crippen LogP contribution in [0.4, 0.5) is 5.69 Å². The Bertz CT molecular complexity index is 1240. The zero-order valence-corrected chi connectivity index (χ0v) is 26.1. The van der Waals surface area contributed by atoms with E-state index in [2.05, 4.69) is 54.3 Å². The summed E-state index contributed by atoms with van der Waals surface area (Å²) in [7, 11) is 0.141. The Morgan fingerprint density at radius 1 is 1.16 bits per heavy atom. The molecule has 38 heavy (non-hydrogen) atoms. The van der Waals surface area contributed by atoms with Gasteiger partial charge >= 0.3 is 216 Å². The van der Waals surface area contributed by atoms with Gasteiger partial charge in [-0.25, -0.2) is 0 Å². The summed E-state index contributed by atoms with van der Waals surface area (Å²) in [6, 6.07) is 15.4. The van der Waals surface area contributed by atoms with Crippen molar-refractivity contribution in [2.75, 3.05) is 31.6 Å². The molecule has 0 spiro atoms. The van der Waals surface area contributed by atoms with Crippen LogP contribution in [0, 0.1) is 16.4 Å². The van der Waals surface area contributed by atoms with Crippen LogP contribution in [0.1, 0.15) is 44.6 Å². The van der Waals surface area contributed by atoms with Gasteiger partial charge in [0.05, 0.1) is 0 Å². The van der Waals surface area contributed by atoms with Gasteiger partial charge in [-0.15, -0.1) is 0 Å². The Kier molecular flexibility index (Phi) is 11.9. The molecular formula is C30H42IN4O2S-. The summed E-state index contributed by atoms with van der Waals surface area (Å²) in [6.45, 7) is 5.38. The van der Waals surface area contributed by atoms with Crippen LogP contribution in [0.25, 0.3) is 0 Å². The fraction of sp³-hybridized carbons (Fsp3) is 0.433. The average Bonchev–Trinajstić information content (AvgIpc) is 2.90. The van der Waals surface area contributed by atoms with E-state index < -0.39 is 10.0 Å². The third kappa shape index (κ3) is 9.24. The van der Waals surface area contributed by atoms with Gasteiger partial charge in [0, 0.05) is 0 Å². The summed E-state index contributed by atoms with van der Waals surface area (Å²) >= 11 is -0.0376. The van der Waals surface area contributed by atoms with Crippen molar-refractivity contribution in [1.29, 1.82) is 0 Å². The van der Waals surface area contributed by atoms with Crippen LogP contribution in [-0.2, 0) is 10.0 Å². The molecule has 1 heterocycles. The maximum atomic E-state index is 12.9. The van der Waals surface area contributed by atoms with Gasteiger partial charge in [0.2, 0.25) is 0 Å². The van der Waals surface area contributed by atoms with Crippen LogP contribution in [0.2, 0.25) is 0 Å². The molecule has 1 aliphatic rings. The molecular weight excluding hydrogens is 607 g/mol. The first-order valence-electron chi connectivity index (χ1n) is 13.3. The van der Waals surface area contributed by atoms with Crippen molar-refractivity contribution >= 4 is 21.5 Å². The molecule has 1 unspecified atom stereocenters. The van der Waals surface area contributed by atoms with Crippen LogP contribution in [0.15, 0.2) is 82.3 Å². The standard InChI is InChI=1S/C30H42IN4O2S/c1-5-8-25(23-26-16-20-34(3)21-17-26)15-19-31-27-11-13-28(14-12-27)33-30(32)18-22-35(4)38(36,37)29-10-7-6-9-24(29)2/h6-7,9-14,16-17,20,25H,5,8,15,18-19,21-23H2,1-4H3,(H2,32,33)/q-1. The second-order valence-electron chi connectivity index (χ2n) is 9.93. The molecule has 2 aromatic carbocycles. The van der Waals surface area contributed by atoms with Gasteiger partial charge in [0.1, 0.15) is 0 Å². The number of allylic oxidation sites excluding steroid dienone is 2. The van der Waals surface area contributed by atoms with Crippen molar-refractivity contribution in [1.82, 2.24) is 9.21 Å². The van der Waals surface area contributed by atoms with Gasteiger partial charge < -0.3 is 0 Å². The van der Waals surface area contributed by atoms with Gasteiger partial charge in [-0.1, -0.05) is 18.2 Å². The van der Waals surface area contributed by atoms with Gasteiger partial charge in [-0.2, -0.15) is 0 Å². The zero-order chi connectivity index (χ0) is 27.5. The molecule has 1 aliphatic heterocycles. The first-order chi connectivity index (χ1) is 18.2. The monoisotopic (exact) mass is 649 g/mol. The molecule has 0 saturated carbocycles. The molecule has 0 fully saturated rings. The molecule has 0 saturated heterocycles. The molecule has 2 aromatic rings. The predicted molar refractivity (Wildman–Crippen MR) is 154 cm³/mol. The Balaban J connectivity index is 1.47. The minimum atomic E-state index is -3.56. The Hall–Kier alpha value is -2.17. The van der Waals surface area contributed by atoms with Crippen LogP contribution in [-0.4, -0.2) is 55.1 Å². The molecule has 0 aliphatic carbocycles. The predicted octanol–water partition coefficient (Wildman–Crippen LogP) is 2.54. The number of alkyl halides is 1. The quantitative estimate of drug-likeness (QED) is 0.148. The summed E-state index contributed by atoms with van der Waals surface area (Å²) in [5.74, 6) is 1.19. The Labute approximate surface area is 240 Å². The van der Waals surface area contributed by atoms with E-state index in [9.17, 15) is 8.42 Å². The number of nitrogens with two attached hydrogens (primary N) is 1. The summed E-state index contributed by atoms with van der Waals surface area (Å²) in [5.41, 5.74) is 9.18. The Morgan fingerprint density at radius 2 is 1.89 bits per heavy atom. The molecule has 2 N–H and O–H groups in total. The molecule has 0 amide bonds. The van der Waals surface area contributed by atoms with Gasteiger partial charge in [0.25, 0.3) is 0 Å². The number of rotatable bonds is 14. The fourth-order valence-electron chi connectivity index (χ4n) is 4.40. The number of amidine groups is 1. The number of sulfonamides is 1. The number of likely N-dealkylation sites (N-methyl/N-ethyl adjacent to an activating group) is 1. The number of aliphatic imine (C=N–C) groups is 1. The van der Waals surface area contributed by atoms with Crippen LogP contribution in [0.3, 0.4) is 0 Å². The normalized spacial score (nSPS) is 15.2. The van der Waals surface area contributed by atoms with Crippen LogP contribution >= 0.6 is 0 Å². The molecule has 3 rings (SSSR count). The number of halogens is 1. The second-order valence-corrected chi connectivity index (χ2v) is 15.0. The van der Waals surface area contributed by atoms with Gasteiger partial charge in [-0.05, 0) is 6.92 Å². The third-order valence-corrected chi connectivity index (χ3v) is 11.5. The van der Waals surface area contributed by atoms with Crippen molar-refractivity contribution in [2.45, 2.75) is 50.8 Å². The summed E-state index contributed by atoms with van der Waals surface area (Å²) in [4.78, 5) is 7.05. The number of benzene rings is 2. The van der Waals surface area contributed by atoms with Crippen LogP contribution in [0.5, 0.6) is 0 Å². The van der Waals surface area contributed by atoms with Crippen LogP contribution < -0.4 is 26.9 Å². The molecule has 6 nitrogen and oxygen atoms in total. The fourth-order valence-corrected chi connectivity index (χ4v) is 8.48. The van der Waals surface area contributed by atoms with Crippen molar-refractivity contribution in [3.05, 3.63) is 81.6 Å². The van der Waals surface area contributed by atoms with E-state index in [0.717, 1.165) is 23.7 Å². The van der Waals surface area contributed by atoms with Crippen molar-refractivity contribution in [3.63, 3.8) is 0 Å². The topological polar surface area (TPSA) is 79.0 Å². The van der Waals surface area contributed by atoms with Gasteiger partial charge in [-0.3, -0.25) is 0 Å². The van der Waals surface area contributed by atoms with E-state index in [0.29, 0.717) is 17.2 Å². The minimum absolute atomic E-state index is 0.0376. The first-order valence-corrected chi connectivity index (χ1v) is 17.3. The third-order valence-electron chi connectivity index (χ3n) is 6.74. The number of aryl methyl sites for hydroxylation is 1. The number of hydrogen-bond donors (Lipinski definition) is 1. The molecule has 208 valence electrons.